The number of fused-ring (bicyclic) bond motifs is 1. The van der Waals surface area contributed by atoms with E-state index in [0.29, 0.717) is 18.7 Å². The molecule has 5 heteroatoms. The van der Waals surface area contributed by atoms with Crippen LogP contribution in [0.3, 0.4) is 0 Å². The molecule has 122 valence electrons. The van der Waals surface area contributed by atoms with Crippen LogP contribution in [-0.4, -0.2) is 22.2 Å². The van der Waals surface area contributed by atoms with Crippen molar-refractivity contribution in [2.75, 3.05) is 0 Å². The maximum absolute atomic E-state index is 12.6. The van der Waals surface area contributed by atoms with Crippen LogP contribution in [0.15, 0.2) is 18.2 Å². The third-order valence-electron chi connectivity index (χ3n) is 4.52. The van der Waals surface area contributed by atoms with E-state index in [1.165, 1.54) is 11.1 Å². The van der Waals surface area contributed by atoms with Crippen LogP contribution in [0, 0.1) is 13.8 Å². The summed E-state index contributed by atoms with van der Waals surface area (Å²) in [7, 11) is 0. The zero-order valence-electron chi connectivity index (χ0n) is 14.1. The monoisotopic (exact) mass is 313 g/mol. The van der Waals surface area contributed by atoms with Gasteiger partial charge in [-0.1, -0.05) is 18.2 Å². The highest BCUT2D eigenvalue weighted by Gasteiger charge is 2.29. The number of hydrogen-bond acceptors (Lipinski definition) is 3. The van der Waals surface area contributed by atoms with Crippen LogP contribution in [0.25, 0.3) is 0 Å². The lowest BCUT2D eigenvalue weighted by Crippen LogP contribution is -2.27. The van der Waals surface area contributed by atoms with Crippen molar-refractivity contribution < 1.29 is 9.53 Å². The van der Waals surface area contributed by atoms with Crippen LogP contribution in [-0.2, 0) is 17.7 Å². The predicted molar refractivity (Wildman–Crippen MR) is 88.3 cm³/mol. The number of aryl methyl sites for hydroxylation is 2. The van der Waals surface area contributed by atoms with Crippen molar-refractivity contribution in [2.45, 2.75) is 52.9 Å². The summed E-state index contributed by atoms with van der Waals surface area (Å²) in [6.07, 6.45) is 0.754. The molecule has 0 saturated carbocycles. The summed E-state index contributed by atoms with van der Waals surface area (Å²) in [5.74, 6) is -0.133. The Kier molecular flexibility index (Phi) is 4.22. The van der Waals surface area contributed by atoms with E-state index in [1.807, 2.05) is 19.9 Å². The molecular weight excluding hydrogens is 290 g/mol. The molecule has 3 rings (SSSR count). The van der Waals surface area contributed by atoms with E-state index in [2.05, 4.69) is 41.5 Å². The van der Waals surface area contributed by atoms with Gasteiger partial charge in [0, 0.05) is 18.5 Å². The van der Waals surface area contributed by atoms with Crippen LogP contribution in [0.2, 0.25) is 0 Å². The van der Waals surface area contributed by atoms with E-state index < -0.39 is 0 Å². The topological polar surface area (TPSA) is 67.0 Å². The SMILES string of the molecule is Cc1cccc(C)c1CNC(=O)c1n[nH]c2c1C[C@@H](C)O[C@H]2C. The molecule has 0 fully saturated rings. The first-order chi connectivity index (χ1) is 11.0. The fourth-order valence-corrected chi connectivity index (χ4v) is 3.24. The van der Waals surface area contributed by atoms with Gasteiger partial charge in [-0.05, 0) is 44.4 Å². The quantitative estimate of drug-likeness (QED) is 0.915. The molecule has 2 heterocycles. The van der Waals surface area contributed by atoms with Gasteiger partial charge in [-0.2, -0.15) is 5.10 Å². The molecule has 1 amide bonds. The number of hydrogen-bond donors (Lipinski definition) is 2. The number of nitrogens with zero attached hydrogens (tertiary/aromatic N) is 1. The second-order valence-corrected chi connectivity index (χ2v) is 6.31. The zero-order chi connectivity index (χ0) is 16.6. The van der Waals surface area contributed by atoms with E-state index in [0.717, 1.165) is 16.8 Å². The summed E-state index contributed by atoms with van der Waals surface area (Å²) in [4.78, 5) is 12.6. The molecule has 0 bridgehead atoms. The number of carbonyl (C=O) groups excluding carboxylic acids is 1. The lowest BCUT2D eigenvalue weighted by Gasteiger charge is -2.25. The van der Waals surface area contributed by atoms with Crippen LogP contribution >= 0.6 is 0 Å². The Morgan fingerprint density at radius 1 is 1.35 bits per heavy atom. The van der Waals surface area contributed by atoms with Crippen LogP contribution in [0.5, 0.6) is 0 Å². The van der Waals surface area contributed by atoms with Gasteiger partial charge in [0.25, 0.3) is 5.91 Å². The highest BCUT2D eigenvalue weighted by atomic mass is 16.5. The van der Waals surface area contributed by atoms with Crippen molar-refractivity contribution in [3.63, 3.8) is 0 Å². The number of benzene rings is 1. The Morgan fingerprint density at radius 2 is 2.04 bits per heavy atom. The molecule has 1 aliphatic heterocycles. The molecule has 0 saturated heterocycles. The van der Waals surface area contributed by atoms with E-state index in [-0.39, 0.29) is 18.1 Å². The first kappa shape index (κ1) is 15.7. The minimum atomic E-state index is -0.133. The fraction of sp³-hybridized carbons (Fsp3) is 0.444. The average Bonchev–Trinajstić information content (AvgIpc) is 2.90. The number of ether oxygens (including phenoxy) is 1. The van der Waals surface area contributed by atoms with Crippen LogP contribution in [0.1, 0.15) is 58.4 Å². The largest absolute Gasteiger partial charge is 0.369 e. The molecule has 1 aromatic heterocycles. The van der Waals surface area contributed by atoms with E-state index >= 15 is 0 Å². The summed E-state index contributed by atoms with van der Waals surface area (Å²) >= 11 is 0. The third kappa shape index (κ3) is 3.01. The van der Waals surface area contributed by atoms with Gasteiger partial charge in [-0.3, -0.25) is 9.89 Å². The zero-order valence-corrected chi connectivity index (χ0v) is 14.1. The van der Waals surface area contributed by atoms with Gasteiger partial charge in [0.05, 0.1) is 17.9 Å². The molecule has 0 aliphatic carbocycles. The van der Waals surface area contributed by atoms with Crippen molar-refractivity contribution in [3.05, 3.63) is 51.8 Å². The van der Waals surface area contributed by atoms with Crippen molar-refractivity contribution in [1.82, 2.24) is 15.5 Å². The van der Waals surface area contributed by atoms with Crippen molar-refractivity contribution >= 4 is 5.91 Å². The molecule has 1 aliphatic rings. The molecule has 1 aromatic carbocycles. The standard InChI is InChI=1S/C18H23N3O2/c1-10-6-5-7-11(2)15(10)9-19-18(22)17-14-8-12(3)23-13(4)16(14)20-21-17/h5-7,12-13H,8-9H2,1-4H3,(H,19,22)(H,20,21)/t12-,13+/m1/s1. The number of carbonyl (C=O) groups is 1. The number of aromatic amines is 1. The van der Waals surface area contributed by atoms with Crippen molar-refractivity contribution in [2.24, 2.45) is 0 Å². The second-order valence-electron chi connectivity index (χ2n) is 6.31. The average molecular weight is 313 g/mol. The number of aromatic nitrogens is 2. The molecule has 2 atom stereocenters. The van der Waals surface area contributed by atoms with E-state index in [9.17, 15) is 4.79 Å². The minimum Gasteiger partial charge on any atom is -0.369 e. The number of nitrogens with one attached hydrogen (secondary N) is 2. The molecule has 0 spiro atoms. The Balaban J connectivity index is 1.77. The molecule has 0 unspecified atom stereocenters. The Hall–Kier alpha value is -2.14. The number of amides is 1. The Labute approximate surface area is 136 Å². The second kappa shape index (κ2) is 6.16. The molecule has 2 aromatic rings. The summed E-state index contributed by atoms with van der Waals surface area (Å²) < 4.78 is 5.76. The van der Waals surface area contributed by atoms with Crippen LogP contribution < -0.4 is 5.32 Å². The molecular formula is C18H23N3O2. The van der Waals surface area contributed by atoms with Gasteiger partial charge in [0.1, 0.15) is 0 Å². The molecule has 0 radical (unpaired) electrons. The highest BCUT2D eigenvalue weighted by molar-refractivity contribution is 5.94. The Bertz CT molecular complexity index is 716. The van der Waals surface area contributed by atoms with Gasteiger partial charge in [-0.15, -0.1) is 0 Å². The first-order valence-electron chi connectivity index (χ1n) is 8.03. The van der Waals surface area contributed by atoms with Gasteiger partial charge < -0.3 is 10.1 Å². The van der Waals surface area contributed by atoms with E-state index in [4.69, 9.17) is 4.74 Å². The Morgan fingerprint density at radius 3 is 2.74 bits per heavy atom. The molecule has 5 nitrogen and oxygen atoms in total. The maximum atomic E-state index is 12.6. The van der Waals surface area contributed by atoms with Gasteiger partial charge in [0.15, 0.2) is 5.69 Å². The number of rotatable bonds is 3. The first-order valence-corrected chi connectivity index (χ1v) is 8.03. The molecule has 23 heavy (non-hydrogen) atoms. The maximum Gasteiger partial charge on any atom is 0.272 e. The van der Waals surface area contributed by atoms with Gasteiger partial charge >= 0.3 is 0 Å². The lowest BCUT2D eigenvalue weighted by molar-refractivity contribution is -0.00697. The van der Waals surface area contributed by atoms with E-state index in [1.54, 1.807) is 0 Å². The van der Waals surface area contributed by atoms with Crippen molar-refractivity contribution in [1.29, 1.82) is 0 Å². The normalized spacial score (nSPS) is 20.2. The minimum absolute atomic E-state index is 0.0542. The van der Waals surface area contributed by atoms with Crippen molar-refractivity contribution in [3.8, 4) is 0 Å². The fourth-order valence-electron chi connectivity index (χ4n) is 3.24. The highest BCUT2D eigenvalue weighted by Crippen LogP contribution is 2.30. The summed E-state index contributed by atoms with van der Waals surface area (Å²) in [6, 6.07) is 6.15. The van der Waals surface area contributed by atoms with Crippen LogP contribution in [0.4, 0.5) is 0 Å². The predicted octanol–water partition coefficient (Wildman–Crippen LogP) is 2.98. The van der Waals surface area contributed by atoms with Gasteiger partial charge in [-0.25, -0.2) is 0 Å². The lowest BCUT2D eigenvalue weighted by atomic mass is 9.99. The smallest absolute Gasteiger partial charge is 0.272 e. The summed E-state index contributed by atoms with van der Waals surface area (Å²) in [5.41, 5.74) is 5.93. The number of H-pyrrole nitrogens is 1. The van der Waals surface area contributed by atoms with Gasteiger partial charge in [0.2, 0.25) is 0 Å². The molecule has 2 N–H and O–H groups in total. The summed E-state index contributed by atoms with van der Waals surface area (Å²) in [5, 5.41) is 10.2. The summed E-state index contributed by atoms with van der Waals surface area (Å²) in [6.45, 7) is 8.63. The third-order valence-corrected chi connectivity index (χ3v) is 4.52.